The summed E-state index contributed by atoms with van der Waals surface area (Å²) in [5, 5.41) is 11.9. The van der Waals surface area contributed by atoms with E-state index in [1.165, 1.54) is 28.2 Å². The van der Waals surface area contributed by atoms with Gasteiger partial charge in [-0.2, -0.15) is 0 Å². The largest absolute Gasteiger partial charge is 0.448 e. The third-order valence-corrected chi connectivity index (χ3v) is 5.77. The van der Waals surface area contributed by atoms with Gasteiger partial charge in [-0.05, 0) is 42.3 Å². The van der Waals surface area contributed by atoms with Gasteiger partial charge in [-0.3, -0.25) is 0 Å². The van der Waals surface area contributed by atoms with Gasteiger partial charge in [0.2, 0.25) is 0 Å². The zero-order valence-electron chi connectivity index (χ0n) is 14.7. The van der Waals surface area contributed by atoms with Crippen molar-refractivity contribution in [1.82, 2.24) is 10.2 Å². The van der Waals surface area contributed by atoms with Crippen LogP contribution in [0.25, 0.3) is 21.9 Å². The topological polar surface area (TPSA) is 65.2 Å². The Bertz CT molecular complexity index is 1050. The van der Waals surface area contributed by atoms with E-state index in [0.717, 1.165) is 16.0 Å². The number of rotatable bonds is 5. The van der Waals surface area contributed by atoms with Crippen molar-refractivity contribution in [3.8, 4) is 21.9 Å². The SMILES string of the molecule is Cc1ccc(-c2ccsc2C(=O)O[C@H](C)c2nnc(-c3cccs3)o2)cc1. The quantitative estimate of drug-likeness (QED) is 0.402. The Kier molecular flexibility index (Phi) is 4.87. The number of benzene rings is 1. The standard InChI is InChI=1S/C20H16N2O3S2/c1-12-5-7-14(8-6-12)15-9-11-27-17(15)20(23)24-13(2)18-21-22-19(25-18)16-4-3-10-26-16/h3-11,13H,1-2H3/t13-/m1/s1. The van der Waals surface area contributed by atoms with E-state index in [0.29, 0.717) is 10.8 Å². The molecule has 0 N–H and O–H groups in total. The summed E-state index contributed by atoms with van der Waals surface area (Å²) >= 11 is 2.87. The number of hydrogen-bond donors (Lipinski definition) is 0. The zero-order chi connectivity index (χ0) is 18.8. The number of ether oxygens (including phenoxy) is 1. The molecular weight excluding hydrogens is 380 g/mol. The lowest BCUT2D eigenvalue weighted by Gasteiger charge is -2.10. The number of aryl methyl sites for hydroxylation is 1. The lowest BCUT2D eigenvalue weighted by Crippen LogP contribution is -2.09. The van der Waals surface area contributed by atoms with E-state index in [1.807, 2.05) is 60.1 Å². The van der Waals surface area contributed by atoms with Crippen LogP contribution in [0.5, 0.6) is 0 Å². The van der Waals surface area contributed by atoms with Gasteiger partial charge in [0, 0.05) is 5.56 Å². The highest BCUT2D eigenvalue weighted by Gasteiger charge is 2.23. The van der Waals surface area contributed by atoms with Crippen LogP contribution in [0.15, 0.2) is 57.6 Å². The Morgan fingerprint density at radius 2 is 1.89 bits per heavy atom. The van der Waals surface area contributed by atoms with E-state index in [-0.39, 0.29) is 5.89 Å². The molecule has 7 heteroatoms. The van der Waals surface area contributed by atoms with E-state index < -0.39 is 12.1 Å². The van der Waals surface area contributed by atoms with Crippen LogP contribution in [0.3, 0.4) is 0 Å². The lowest BCUT2D eigenvalue weighted by molar-refractivity contribution is 0.0286. The highest BCUT2D eigenvalue weighted by molar-refractivity contribution is 7.13. The molecule has 3 aromatic heterocycles. The molecule has 1 aromatic carbocycles. The first kappa shape index (κ1) is 17.6. The predicted octanol–water partition coefficient (Wildman–Crippen LogP) is 5.75. The molecule has 0 fully saturated rings. The van der Waals surface area contributed by atoms with Crippen molar-refractivity contribution in [2.75, 3.05) is 0 Å². The first-order valence-corrected chi connectivity index (χ1v) is 10.1. The summed E-state index contributed by atoms with van der Waals surface area (Å²) in [4.78, 5) is 14.1. The maximum atomic E-state index is 12.7. The molecule has 0 bridgehead atoms. The van der Waals surface area contributed by atoms with Crippen molar-refractivity contribution in [3.05, 3.63) is 69.6 Å². The Hall–Kier alpha value is -2.77. The van der Waals surface area contributed by atoms with Crippen molar-refractivity contribution in [2.45, 2.75) is 20.0 Å². The van der Waals surface area contributed by atoms with Gasteiger partial charge < -0.3 is 9.15 Å². The molecule has 0 aliphatic carbocycles. The molecule has 0 amide bonds. The smallest absolute Gasteiger partial charge is 0.349 e. The molecule has 0 aliphatic heterocycles. The fourth-order valence-corrected chi connectivity index (χ4v) is 4.03. The van der Waals surface area contributed by atoms with Gasteiger partial charge in [0.05, 0.1) is 4.88 Å². The number of aromatic nitrogens is 2. The number of esters is 1. The molecule has 3 heterocycles. The third-order valence-electron chi connectivity index (χ3n) is 4.02. The van der Waals surface area contributed by atoms with Crippen LogP contribution >= 0.6 is 22.7 Å². The summed E-state index contributed by atoms with van der Waals surface area (Å²) in [5.74, 6) is 0.309. The summed E-state index contributed by atoms with van der Waals surface area (Å²) in [6.45, 7) is 3.76. The van der Waals surface area contributed by atoms with Gasteiger partial charge in [-0.1, -0.05) is 35.9 Å². The predicted molar refractivity (Wildman–Crippen MR) is 106 cm³/mol. The van der Waals surface area contributed by atoms with Crippen LogP contribution in [0, 0.1) is 6.92 Å². The van der Waals surface area contributed by atoms with E-state index in [9.17, 15) is 4.79 Å². The van der Waals surface area contributed by atoms with Gasteiger partial charge in [0.25, 0.3) is 11.8 Å². The molecule has 4 aromatic rings. The normalized spacial score (nSPS) is 12.1. The maximum absolute atomic E-state index is 12.7. The minimum absolute atomic E-state index is 0.278. The fourth-order valence-electron chi connectivity index (χ4n) is 2.59. The Morgan fingerprint density at radius 1 is 1.07 bits per heavy atom. The molecule has 0 radical (unpaired) electrons. The first-order chi connectivity index (χ1) is 13.1. The number of carbonyl (C=O) groups excluding carboxylic acids is 1. The second-order valence-electron chi connectivity index (χ2n) is 6.00. The summed E-state index contributed by atoms with van der Waals surface area (Å²) < 4.78 is 11.2. The van der Waals surface area contributed by atoms with Crippen LogP contribution < -0.4 is 0 Å². The summed E-state index contributed by atoms with van der Waals surface area (Å²) in [6.07, 6.45) is -0.633. The van der Waals surface area contributed by atoms with Gasteiger partial charge in [0.1, 0.15) is 4.88 Å². The number of hydrogen-bond acceptors (Lipinski definition) is 7. The van der Waals surface area contributed by atoms with E-state index in [1.54, 1.807) is 6.92 Å². The van der Waals surface area contributed by atoms with Crippen LogP contribution in [0.2, 0.25) is 0 Å². The zero-order valence-corrected chi connectivity index (χ0v) is 16.3. The highest BCUT2D eigenvalue weighted by atomic mass is 32.1. The van der Waals surface area contributed by atoms with Crippen molar-refractivity contribution in [2.24, 2.45) is 0 Å². The molecule has 4 rings (SSSR count). The van der Waals surface area contributed by atoms with Crippen molar-refractivity contribution in [1.29, 1.82) is 0 Å². The van der Waals surface area contributed by atoms with Crippen molar-refractivity contribution < 1.29 is 13.9 Å². The lowest BCUT2D eigenvalue weighted by atomic mass is 10.1. The minimum atomic E-state index is -0.633. The van der Waals surface area contributed by atoms with Crippen molar-refractivity contribution >= 4 is 28.6 Å². The minimum Gasteiger partial charge on any atom is -0.448 e. The van der Waals surface area contributed by atoms with Crippen LogP contribution in [-0.2, 0) is 4.74 Å². The average molecular weight is 396 g/mol. The molecular formula is C20H16N2O3S2. The molecule has 1 atom stereocenters. The first-order valence-electron chi connectivity index (χ1n) is 8.34. The Morgan fingerprint density at radius 3 is 2.63 bits per heavy atom. The molecule has 0 aliphatic rings. The van der Waals surface area contributed by atoms with Gasteiger partial charge >= 0.3 is 5.97 Å². The molecule has 0 spiro atoms. The number of thiophene rings is 2. The monoisotopic (exact) mass is 396 g/mol. The second kappa shape index (κ2) is 7.46. The van der Waals surface area contributed by atoms with E-state index in [4.69, 9.17) is 9.15 Å². The van der Waals surface area contributed by atoms with E-state index in [2.05, 4.69) is 10.2 Å². The molecule has 0 unspecified atom stereocenters. The Balaban J connectivity index is 1.51. The molecule has 27 heavy (non-hydrogen) atoms. The second-order valence-corrected chi connectivity index (χ2v) is 7.86. The van der Waals surface area contributed by atoms with E-state index >= 15 is 0 Å². The van der Waals surface area contributed by atoms with Crippen LogP contribution in [0.4, 0.5) is 0 Å². The van der Waals surface area contributed by atoms with Crippen LogP contribution in [-0.4, -0.2) is 16.2 Å². The molecule has 5 nitrogen and oxygen atoms in total. The molecule has 136 valence electrons. The number of carbonyl (C=O) groups is 1. The summed E-state index contributed by atoms with van der Waals surface area (Å²) in [5.41, 5.74) is 3.02. The highest BCUT2D eigenvalue weighted by Crippen LogP contribution is 2.31. The van der Waals surface area contributed by atoms with Gasteiger partial charge in [-0.15, -0.1) is 32.9 Å². The maximum Gasteiger partial charge on any atom is 0.349 e. The van der Waals surface area contributed by atoms with Crippen LogP contribution in [0.1, 0.15) is 34.2 Å². The van der Waals surface area contributed by atoms with Gasteiger partial charge in [0.15, 0.2) is 6.10 Å². The third kappa shape index (κ3) is 3.70. The molecule has 0 saturated heterocycles. The number of nitrogens with zero attached hydrogens (tertiary/aromatic N) is 2. The summed E-state index contributed by atoms with van der Waals surface area (Å²) in [7, 11) is 0. The molecule has 0 saturated carbocycles. The average Bonchev–Trinajstić information content (AvgIpc) is 3.41. The fraction of sp³-hybridized carbons (Fsp3) is 0.150. The van der Waals surface area contributed by atoms with Gasteiger partial charge in [-0.25, -0.2) is 4.79 Å². The van der Waals surface area contributed by atoms with Crippen molar-refractivity contribution in [3.63, 3.8) is 0 Å². The Labute approximate surface area is 164 Å². The summed E-state index contributed by atoms with van der Waals surface area (Å²) in [6, 6.07) is 13.8.